The molecule has 0 unspecified atom stereocenters. The van der Waals surface area contributed by atoms with Gasteiger partial charge < -0.3 is 10.1 Å². The molecule has 0 bridgehead atoms. The molecule has 3 aromatic rings. The first-order valence-corrected chi connectivity index (χ1v) is 9.22. The Kier molecular flexibility index (Phi) is 6.29. The number of nitrogens with zero attached hydrogens (tertiary/aromatic N) is 1. The Hall–Kier alpha value is -2.53. The van der Waals surface area contributed by atoms with Crippen LogP contribution in [0.5, 0.6) is 5.75 Å². The van der Waals surface area contributed by atoms with E-state index in [1.54, 1.807) is 18.0 Å². The Labute approximate surface area is 151 Å². The summed E-state index contributed by atoms with van der Waals surface area (Å²) in [5.74, 6) is 1.49. The van der Waals surface area contributed by atoms with E-state index in [1.165, 1.54) is 4.90 Å². The lowest BCUT2D eigenvalue weighted by atomic mass is 10.2. The first kappa shape index (κ1) is 17.3. The Bertz CT molecular complexity index is 819. The molecule has 2 aromatic carbocycles. The normalized spacial score (nSPS) is 10.6. The van der Waals surface area contributed by atoms with Crippen LogP contribution in [0.15, 0.2) is 71.8 Å². The lowest BCUT2D eigenvalue weighted by molar-refractivity contribution is -0.123. The lowest BCUT2D eigenvalue weighted by Crippen LogP contribution is -2.30. The Morgan fingerprint density at radius 2 is 1.88 bits per heavy atom. The van der Waals surface area contributed by atoms with Crippen LogP contribution in [0.4, 0.5) is 0 Å². The predicted molar refractivity (Wildman–Crippen MR) is 102 cm³/mol. The molecule has 5 heteroatoms. The third-order valence-corrected chi connectivity index (χ3v) is 4.71. The molecule has 1 heterocycles. The summed E-state index contributed by atoms with van der Waals surface area (Å²) in [6.07, 6.45) is 2.64. The second kappa shape index (κ2) is 9.08. The lowest BCUT2D eigenvalue weighted by Gasteiger charge is -2.09. The number of thioether (sulfide) groups is 1. The van der Waals surface area contributed by atoms with Gasteiger partial charge in [0.25, 0.3) is 5.91 Å². The highest BCUT2D eigenvalue weighted by Crippen LogP contribution is 2.22. The zero-order valence-corrected chi connectivity index (χ0v) is 14.7. The van der Waals surface area contributed by atoms with Gasteiger partial charge in [-0.2, -0.15) is 0 Å². The molecule has 0 aliphatic heterocycles. The van der Waals surface area contributed by atoms with Crippen LogP contribution in [-0.4, -0.2) is 29.8 Å². The zero-order valence-electron chi connectivity index (χ0n) is 13.9. The Balaban J connectivity index is 1.38. The molecule has 128 valence electrons. The van der Waals surface area contributed by atoms with E-state index < -0.39 is 0 Å². The molecule has 0 fully saturated rings. The number of rotatable bonds is 8. The molecule has 3 rings (SSSR count). The number of carbonyl (C=O) groups is 1. The summed E-state index contributed by atoms with van der Waals surface area (Å²) in [5, 5.41) is 3.89. The number of fused-ring (bicyclic) bond motifs is 1. The highest BCUT2D eigenvalue weighted by atomic mass is 32.2. The molecule has 0 aliphatic carbocycles. The van der Waals surface area contributed by atoms with Crippen LogP contribution in [0.25, 0.3) is 10.9 Å². The van der Waals surface area contributed by atoms with Crippen LogP contribution in [0.1, 0.15) is 6.42 Å². The van der Waals surface area contributed by atoms with Gasteiger partial charge in [-0.1, -0.05) is 36.4 Å². The standard InChI is InChI=1S/C20H20N2O2S/c23-19(21-13-6-14-25-17-9-2-1-3-10-17)15-24-18-11-4-7-16-8-5-12-22-20(16)18/h1-5,7-12H,6,13-15H2,(H,21,23). The summed E-state index contributed by atoms with van der Waals surface area (Å²) in [5.41, 5.74) is 0.775. The molecular formula is C20H20N2O2S. The van der Waals surface area contributed by atoms with E-state index in [1.807, 2.05) is 48.5 Å². The topological polar surface area (TPSA) is 51.2 Å². The number of amides is 1. The number of hydrogen-bond donors (Lipinski definition) is 1. The van der Waals surface area contributed by atoms with Crippen molar-refractivity contribution in [1.82, 2.24) is 10.3 Å². The van der Waals surface area contributed by atoms with Crippen LogP contribution in [0.3, 0.4) is 0 Å². The zero-order chi connectivity index (χ0) is 17.3. The van der Waals surface area contributed by atoms with Gasteiger partial charge in [0.15, 0.2) is 6.61 Å². The molecule has 1 N–H and O–H groups in total. The fourth-order valence-electron chi connectivity index (χ4n) is 2.39. The number of nitrogens with one attached hydrogen (secondary N) is 1. The second-order valence-electron chi connectivity index (χ2n) is 5.48. The summed E-state index contributed by atoms with van der Waals surface area (Å²) in [7, 11) is 0. The molecule has 4 nitrogen and oxygen atoms in total. The molecule has 0 aliphatic rings. The molecule has 0 saturated heterocycles. The van der Waals surface area contributed by atoms with E-state index in [-0.39, 0.29) is 12.5 Å². The third kappa shape index (κ3) is 5.22. The van der Waals surface area contributed by atoms with Gasteiger partial charge in [0, 0.05) is 23.0 Å². The average Bonchev–Trinajstić information content (AvgIpc) is 2.67. The van der Waals surface area contributed by atoms with E-state index >= 15 is 0 Å². The van der Waals surface area contributed by atoms with Gasteiger partial charge in [-0.25, -0.2) is 0 Å². The quantitative estimate of drug-likeness (QED) is 0.493. The number of benzene rings is 2. The molecular weight excluding hydrogens is 332 g/mol. The minimum Gasteiger partial charge on any atom is -0.481 e. The van der Waals surface area contributed by atoms with Crippen molar-refractivity contribution in [2.75, 3.05) is 18.9 Å². The highest BCUT2D eigenvalue weighted by molar-refractivity contribution is 7.99. The average molecular weight is 352 g/mol. The van der Waals surface area contributed by atoms with Gasteiger partial charge in [-0.15, -0.1) is 11.8 Å². The molecule has 0 radical (unpaired) electrons. The van der Waals surface area contributed by atoms with Gasteiger partial charge in [-0.05, 0) is 36.4 Å². The van der Waals surface area contributed by atoms with Crippen molar-refractivity contribution in [3.05, 3.63) is 66.9 Å². The van der Waals surface area contributed by atoms with Crippen molar-refractivity contribution in [2.24, 2.45) is 0 Å². The summed E-state index contributed by atoms with van der Waals surface area (Å²) in [4.78, 5) is 17.5. The third-order valence-electron chi connectivity index (χ3n) is 3.61. The van der Waals surface area contributed by atoms with Crippen LogP contribution >= 0.6 is 11.8 Å². The monoisotopic (exact) mass is 352 g/mol. The second-order valence-corrected chi connectivity index (χ2v) is 6.65. The maximum Gasteiger partial charge on any atom is 0.257 e. The minimum atomic E-state index is -0.113. The number of pyridine rings is 1. The van der Waals surface area contributed by atoms with E-state index in [0.29, 0.717) is 12.3 Å². The van der Waals surface area contributed by atoms with Crippen molar-refractivity contribution in [2.45, 2.75) is 11.3 Å². The van der Waals surface area contributed by atoms with Crippen molar-refractivity contribution < 1.29 is 9.53 Å². The molecule has 1 aromatic heterocycles. The molecule has 0 spiro atoms. The molecule has 0 atom stereocenters. The van der Waals surface area contributed by atoms with Crippen LogP contribution in [-0.2, 0) is 4.79 Å². The van der Waals surface area contributed by atoms with Gasteiger partial charge >= 0.3 is 0 Å². The number of ether oxygens (including phenoxy) is 1. The smallest absolute Gasteiger partial charge is 0.257 e. The summed E-state index contributed by atoms with van der Waals surface area (Å²) >= 11 is 1.79. The first-order chi connectivity index (χ1) is 12.3. The Morgan fingerprint density at radius 3 is 2.76 bits per heavy atom. The van der Waals surface area contributed by atoms with E-state index in [2.05, 4.69) is 22.4 Å². The van der Waals surface area contributed by atoms with Crippen LogP contribution < -0.4 is 10.1 Å². The largest absolute Gasteiger partial charge is 0.481 e. The van der Waals surface area contributed by atoms with Crippen molar-refractivity contribution in [1.29, 1.82) is 0 Å². The number of carbonyl (C=O) groups excluding carboxylic acids is 1. The van der Waals surface area contributed by atoms with Gasteiger partial charge in [-0.3, -0.25) is 9.78 Å². The fraction of sp³-hybridized carbons (Fsp3) is 0.200. The number of hydrogen-bond acceptors (Lipinski definition) is 4. The maximum atomic E-state index is 11.9. The first-order valence-electron chi connectivity index (χ1n) is 8.24. The summed E-state index contributed by atoms with van der Waals surface area (Å²) in [6.45, 7) is 0.650. The van der Waals surface area contributed by atoms with E-state index in [9.17, 15) is 4.79 Å². The summed E-state index contributed by atoms with van der Waals surface area (Å²) < 4.78 is 5.63. The van der Waals surface area contributed by atoms with Crippen molar-refractivity contribution in [3.8, 4) is 5.75 Å². The molecule has 0 saturated carbocycles. The minimum absolute atomic E-state index is 0.00150. The summed E-state index contributed by atoms with van der Waals surface area (Å²) in [6, 6.07) is 19.8. The molecule has 1 amide bonds. The van der Waals surface area contributed by atoms with Crippen molar-refractivity contribution >= 4 is 28.6 Å². The van der Waals surface area contributed by atoms with Crippen molar-refractivity contribution in [3.63, 3.8) is 0 Å². The fourth-order valence-corrected chi connectivity index (χ4v) is 3.27. The van der Waals surface area contributed by atoms with E-state index in [0.717, 1.165) is 23.1 Å². The van der Waals surface area contributed by atoms with Gasteiger partial charge in [0.05, 0.1) is 0 Å². The van der Waals surface area contributed by atoms with Gasteiger partial charge in [0.2, 0.25) is 0 Å². The maximum absolute atomic E-state index is 11.9. The number of aromatic nitrogens is 1. The number of para-hydroxylation sites is 1. The predicted octanol–water partition coefficient (Wildman–Crippen LogP) is 3.91. The van der Waals surface area contributed by atoms with Crippen LogP contribution in [0, 0.1) is 0 Å². The SMILES string of the molecule is O=C(COc1cccc2cccnc12)NCCCSc1ccccc1. The van der Waals surface area contributed by atoms with E-state index in [4.69, 9.17) is 4.74 Å². The van der Waals surface area contributed by atoms with Crippen LogP contribution in [0.2, 0.25) is 0 Å². The Morgan fingerprint density at radius 1 is 1.04 bits per heavy atom. The molecule has 25 heavy (non-hydrogen) atoms. The van der Waals surface area contributed by atoms with Gasteiger partial charge in [0.1, 0.15) is 11.3 Å². The highest BCUT2D eigenvalue weighted by Gasteiger charge is 2.06.